The normalized spacial score (nSPS) is 10.9. The Morgan fingerprint density at radius 2 is 2.14 bits per heavy atom. The largest absolute Gasteiger partial charge is 0.397 e. The molecule has 21 heavy (non-hydrogen) atoms. The average Bonchev–Trinajstić information content (AvgIpc) is 2.92. The van der Waals surface area contributed by atoms with Crippen LogP contribution >= 0.6 is 36.2 Å². The number of nitrogens with one attached hydrogen (secondary N) is 1. The number of thiazole rings is 1. The Kier molecular flexibility index (Phi) is 8.92. The third-order valence-electron chi connectivity index (χ3n) is 2.68. The Bertz CT molecular complexity index is 534. The van der Waals surface area contributed by atoms with E-state index in [1.165, 1.54) is 0 Å². The van der Waals surface area contributed by atoms with Crippen molar-refractivity contribution in [3.05, 3.63) is 40.6 Å². The lowest BCUT2D eigenvalue weighted by Gasteiger charge is -2.14. The molecule has 2 rings (SSSR count). The Balaban J connectivity index is 0.00000200. The van der Waals surface area contributed by atoms with Crippen LogP contribution in [0.1, 0.15) is 30.1 Å². The Hall–Kier alpha value is -1.37. The molecule has 8 heteroatoms. The number of nitrogens with two attached hydrogens (primary N) is 1. The number of halogens is 2. The highest BCUT2D eigenvalue weighted by atomic mass is 35.5. The zero-order chi connectivity index (χ0) is 13.7. The van der Waals surface area contributed by atoms with E-state index in [1.54, 1.807) is 35.9 Å². The van der Waals surface area contributed by atoms with Crippen molar-refractivity contribution in [1.29, 1.82) is 0 Å². The number of pyridine rings is 1. The molecule has 0 aromatic carbocycles. The van der Waals surface area contributed by atoms with Crippen molar-refractivity contribution in [2.45, 2.75) is 25.8 Å². The van der Waals surface area contributed by atoms with Crippen LogP contribution in [0.3, 0.4) is 0 Å². The molecule has 3 N–H and O–H groups in total. The van der Waals surface area contributed by atoms with E-state index >= 15 is 0 Å². The summed E-state index contributed by atoms with van der Waals surface area (Å²) in [6.07, 6.45) is 4.37. The molecule has 1 amide bonds. The fourth-order valence-electron chi connectivity index (χ4n) is 1.70. The van der Waals surface area contributed by atoms with Gasteiger partial charge in [0.15, 0.2) is 0 Å². The van der Waals surface area contributed by atoms with Crippen LogP contribution in [0.2, 0.25) is 0 Å². The van der Waals surface area contributed by atoms with Crippen molar-refractivity contribution in [1.82, 2.24) is 15.3 Å². The summed E-state index contributed by atoms with van der Waals surface area (Å²) in [7, 11) is 0. The van der Waals surface area contributed by atoms with E-state index in [0.717, 1.165) is 11.4 Å². The maximum absolute atomic E-state index is 12.0. The molecular formula is C13H18Cl2N4OS. The number of amides is 1. The molecule has 116 valence electrons. The lowest BCUT2D eigenvalue weighted by atomic mass is 10.2. The van der Waals surface area contributed by atoms with Crippen LogP contribution in [0.4, 0.5) is 5.69 Å². The molecule has 0 saturated heterocycles. The maximum atomic E-state index is 12.0. The summed E-state index contributed by atoms with van der Waals surface area (Å²) in [6, 6.07) is 3.48. The number of rotatable bonds is 5. The van der Waals surface area contributed by atoms with Crippen molar-refractivity contribution in [2.75, 3.05) is 5.73 Å². The zero-order valence-electron chi connectivity index (χ0n) is 11.5. The second kappa shape index (κ2) is 9.55. The maximum Gasteiger partial charge on any atom is 0.226 e. The summed E-state index contributed by atoms with van der Waals surface area (Å²) in [5.41, 5.74) is 6.86. The van der Waals surface area contributed by atoms with E-state index in [9.17, 15) is 4.79 Å². The van der Waals surface area contributed by atoms with Crippen molar-refractivity contribution >= 4 is 47.7 Å². The van der Waals surface area contributed by atoms with Gasteiger partial charge in [-0.25, -0.2) is 4.98 Å². The van der Waals surface area contributed by atoms with E-state index in [2.05, 4.69) is 15.3 Å². The summed E-state index contributed by atoms with van der Waals surface area (Å²) in [6.45, 7) is 2.02. The molecule has 0 aliphatic heterocycles. The van der Waals surface area contributed by atoms with Gasteiger partial charge >= 0.3 is 0 Å². The van der Waals surface area contributed by atoms with Crippen LogP contribution in [0.15, 0.2) is 29.9 Å². The predicted molar refractivity (Wildman–Crippen MR) is 90.1 cm³/mol. The third-order valence-corrected chi connectivity index (χ3v) is 3.57. The van der Waals surface area contributed by atoms with Crippen molar-refractivity contribution in [3.8, 4) is 0 Å². The molecule has 0 bridgehead atoms. The van der Waals surface area contributed by atoms with Crippen LogP contribution < -0.4 is 11.1 Å². The molecule has 2 aromatic rings. The topological polar surface area (TPSA) is 80.9 Å². The number of anilines is 1. The molecule has 0 spiro atoms. The number of hydrogen-bond donors (Lipinski definition) is 2. The fraction of sp³-hybridized carbons (Fsp3) is 0.308. The third kappa shape index (κ3) is 5.87. The SMILES string of the molecule is CCC(NC(=O)Cc1ccc(N)cn1)c1nccs1.Cl.Cl. The monoisotopic (exact) mass is 348 g/mol. The first kappa shape index (κ1) is 19.6. The van der Waals surface area contributed by atoms with Gasteiger partial charge in [-0.1, -0.05) is 6.92 Å². The smallest absolute Gasteiger partial charge is 0.226 e. The molecule has 0 fully saturated rings. The number of carbonyl (C=O) groups is 1. The van der Waals surface area contributed by atoms with Gasteiger partial charge in [0.25, 0.3) is 0 Å². The first-order valence-corrected chi connectivity index (χ1v) is 6.96. The standard InChI is InChI=1S/C13H16N4OS.2ClH/c1-2-11(13-15-5-6-19-13)17-12(18)7-10-4-3-9(14)8-16-10;;/h3-6,8,11H,2,7,14H2,1H3,(H,17,18);2*1H. The molecule has 0 aliphatic rings. The molecule has 1 atom stereocenters. The van der Waals surface area contributed by atoms with E-state index in [-0.39, 0.29) is 43.2 Å². The molecule has 2 aromatic heterocycles. The second-order valence-electron chi connectivity index (χ2n) is 4.16. The van der Waals surface area contributed by atoms with Gasteiger partial charge in [0.1, 0.15) is 5.01 Å². The minimum Gasteiger partial charge on any atom is -0.397 e. The molecule has 1 unspecified atom stereocenters. The van der Waals surface area contributed by atoms with Crippen molar-refractivity contribution in [2.24, 2.45) is 0 Å². The quantitative estimate of drug-likeness (QED) is 0.870. The fourth-order valence-corrected chi connectivity index (χ4v) is 2.47. The highest BCUT2D eigenvalue weighted by Crippen LogP contribution is 2.18. The summed E-state index contributed by atoms with van der Waals surface area (Å²) in [5, 5.41) is 5.81. The summed E-state index contributed by atoms with van der Waals surface area (Å²) in [4.78, 5) is 20.3. The highest BCUT2D eigenvalue weighted by Gasteiger charge is 2.15. The minimum atomic E-state index is -0.0562. The summed E-state index contributed by atoms with van der Waals surface area (Å²) < 4.78 is 0. The average molecular weight is 349 g/mol. The van der Waals surface area contributed by atoms with E-state index < -0.39 is 0 Å². The molecule has 0 aliphatic carbocycles. The predicted octanol–water partition coefficient (Wildman–Crippen LogP) is 2.77. The van der Waals surface area contributed by atoms with Gasteiger partial charge < -0.3 is 11.1 Å². The molecule has 0 radical (unpaired) electrons. The molecule has 2 heterocycles. The summed E-state index contributed by atoms with van der Waals surface area (Å²) >= 11 is 1.55. The first-order valence-electron chi connectivity index (χ1n) is 6.08. The second-order valence-corrected chi connectivity index (χ2v) is 5.08. The molecular weight excluding hydrogens is 331 g/mol. The van der Waals surface area contributed by atoms with Gasteiger partial charge in [-0.05, 0) is 18.6 Å². The lowest BCUT2D eigenvalue weighted by Crippen LogP contribution is -2.29. The van der Waals surface area contributed by atoms with Gasteiger partial charge in [0.2, 0.25) is 5.91 Å². The van der Waals surface area contributed by atoms with Crippen LogP contribution in [0, 0.1) is 0 Å². The number of hydrogen-bond acceptors (Lipinski definition) is 5. The minimum absolute atomic E-state index is 0. The van der Waals surface area contributed by atoms with Crippen LogP contribution in [0.25, 0.3) is 0 Å². The lowest BCUT2D eigenvalue weighted by molar-refractivity contribution is -0.121. The van der Waals surface area contributed by atoms with Gasteiger partial charge in [0, 0.05) is 17.3 Å². The van der Waals surface area contributed by atoms with Gasteiger partial charge in [-0.15, -0.1) is 36.2 Å². The molecule has 5 nitrogen and oxygen atoms in total. The number of aromatic nitrogens is 2. The van der Waals surface area contributed by atoms with Crippen LogP contribution in [-0.4, -0.2) is 15.9 Å². The van der Waals surface area contributed by atoms with Gasteiger partial charge in [-0.2, -0.15) is 0 Å². The molecule has 0 saturated carbocycles. The van der Waals surface area contributed by atoms with Crippen molar-refractivity contribution in [3.63, 3.8) is 0 Å². The van der Waals surface area contributed by atoms with Gasteiger partial charge in [0.05, 0.1) is 24.3 Å². The Morgan fingerprint density at radius 1 is 1.38 bits per heavy atom. The number of nitrogen functional groups attached to an aromatic ring is 1. The van der Waals surface area contributed by atoms with Crippen LogP contribution in [-0.2, 0) is 11.2 Å². The van der Waals surface area contributed by atoms with Crippen molar-refractivity contribution < 1.29 is 4.79 Å². The summed E-state index contributed by atoms with van der Waals surface area (Å²) in [5.74, 6) is -0.0562. The Labute approximate surface area is 140 Å². The zero-order valence-corrected chi connectivity index (χ0v) is 13.9. The van der Waals surface area contributed by atoms with Crippen LogP contribution in [0.5, 0.6) is 0 Å². The number of nitrogens with zero attached hydrogens (tertiary/aromatic N) is 2. The van der Waals surface area contributed by atoms with E-state index in [4.69, 9.17) is 5.73 Å². The first-order chi connectivity index (χ1) is 9.19. The van der Waals surface area contributed by atoms with E-state index in [1.807, 2.05) is 12.3 Å². The highest BCUT2D eigenvalue weighted by molar-refractivity contribution is 7.09. The van der Waals surface area contributed by atoms with Gasteiger partial charge in [-0.3, -0.25) is 9.78 Å². The van der Waals surface area contributed by atoms with E-state index in [0.29, 0.717) is 11.4 Å². The number of carbonyl (C=O) groups excluding carboxylic acids is 1. The Morgan fingerprint density at radius 3 is 2.67 bits per heavy atom.